The lowest BCUT2D eigenvalue weighted by atomic mass is 9.88. The molecule has 1 fully saturated rings. The molecule has 8 heteroatoms. The normalized spacial score (nSPS) is 19.2. The summed E-state index contributed by atoms with van der Waals surface area (Å²) in [4.78, 5) is 26.5. The molecular formula is C23H24F4N2O2. The molecule has 2 amide bonds. The topological polar surface area (TPSA) is 49.4 Å². The number of carbonyl (C=O) groups excluding carboxylic acids is 2. The molecule has 0 bridgehead atoms. The van der Waals surface area contributed by atoms with Crippen LogP contribution in [-0.2, 0) is 22.3 Å². The van der Waals surface area contributed by atoms with Crippen LogP contribution in [0.1, 0.15) is 48.1 Å². The number of likely N-dealkylation sites (tertiary alicyclic amines) is 1. The molecule has 4 nitrogen and oxygen atoms in total. The number of piperidine rings is 1. The number of nitrogens with zero attached hydrogens (tertiary/aromatic N) is 1. The van der Waals surface area contributed by atoms with Gasteiger partial charge in [0.2, 0.25) is 11.8 Å². The number of hydrogen-bond acceptors (Lipinski definition) is 2. The van der Waals surface area contributed by atoms with E-state index >= 15 is 0 Å². The summed E-state index contributed by atoms with van der Waals surface area (Å²) < 4.78 is 52.2. The van der Waals surface area contributed by atoms with Crippen molar-refractivity contribution >= 4 is 11.8 Å². The summed E-state index contributed by atoms with van der Waals surface area (Å²) in [5.41, 5.74) is 0.887. The second kappa shape index (κ2) is 9.08. The van der Waals surface area contributed by atoms with Gasteiger partial charge in [0, 0.05) is 20.0 Å². The Morgan fingerprint density at radius 1 is 1.13 bits per heavy atom. The first-order valence-corrected chi connectivity index (χ1v) is 10.0. The average Bonchev–Trinajstić information content (AvgIpc) is 2.73. The molecule has 2 aromatic carbocycles. The van der Waals surface area contributed by atoms with Crippen LogP contribution in [0.4, 0.5) is 17.6 Å². The van der Waals surface area contributed by atoms with Crippen molar-refractivity contribution in [2.45, 2.75) is 45.5 Å². The predicted octanol–water partition coefficient (Wildman–Crippen LogP) is 4.77. The van der Waals surface area contributed by atoms with Crippen molar-refractivity contribution in [1.29, 1.82) is 0 Å². The summed E-state index contributed by atoms with van der Waals surface area (Å²) in [7, 11) is 0. The highest BCUT2D eigenvalue weighted by atomic mass is 19.4. The number of halogens is 4. The number of hydrogen-bond donors (Lipinski definition) is 1. The van der Waals surface area contributed by atoms with Crippen LogP contribution >= 0.6 is 0 Å². The fourth-order valence-corrected chi connectivity index (χ4v) is 3.95. The van der Waals surface area contributed by atoms with Gasteiger partial charge in [-0.1, -0.05) is 24.3 Å². The maximum atomic E-state index is 13.6. The van der Waals surface area contributed by atoms with E-state index in [9.17, 15) is 27.2 Å². The Morgan fingerprint density at radius 3 is 2.52 bits per heavy atom. The van der Waals surface area contributed by atoms with E-state index in [0.29, 0.717) is 24.0 Å². The number of benzene rings is 2. The summed E-state index contributed by atoms with van der Waals surface area (Å²) in [5.74, 6) is -1.28. The van der Waals surface area contributed by atoms with Gasteiger partial charge in [-0.05, 0) is 54.7 Å². The maximum Gasteiger partial charge on any atom is 0.416 e. The van der Waals surface area contributed by atoms with E-state index in [4.69, 9.17) is 0 Å². The first-order chi connectivity index (χ1) is 14.6. The predicted molar refractivity (Wildman–Crippen MR) is 107 cm³/mol. The third kappa shape index (κ3) is 5.42. The van der Waals surface area contributed by atoms with E-state index in [1.54, 1.807) is 24.0 Å². The zero-order valence-corrected chi connectivity index (χ0v) is 17.3. The average molecular weight is 436 g/mol. The lowest BCUT2D eigenvalue weighted by molar-refractivity contribution is -0.138. The van der Waals surface area contributed by atoms with Crippen LogP contribution in [0.25, 0.3) is 0 Å². The van der Waals surface area contributed by atoms with Gasteiger partial charge in [-0.25, -0.2) is 4.39 Å². The third-order valence-corrected chi connectivity index (χ3v) is 5.64. The van der Waals surface area contributed by atoms with E-state index in [1.807, 2.05) is 0 Å². The Kier molecular flexibility index (Phi) is 6.67. The Balaban J connectivity index is 1.66. The minimum Gasteiger partial charge on any atom is -0.352 e. The summed E-state index contributed by atoms with van der Waals surface area (Å²) in [6.45, 7) is 3.25. The highest BCUT2D eigenvalue weighted by Crippen LogP contribution is 2.34. The molecule has 1 saturated heterocycles. The molecule has 2 aromatic rings. The van der Waals surface area contributed by atoms with Gasteiger partial charge in [0.15, 0.2) is 0 Å². The third-order valence-electron chi connectivity index (χ3n) is 5.64. The van der Waals surface area contributed by atoms with Crippen LogP contribution in [0.5, 0.6) is 0 Å². The van der Waals surface area contributed by atoms with Gasteiger partial charge in [0.1, 0.15) is 5.82 Å². The molecule has 0 aromatic heterocycles. The van der Waals surface area contributed by atoms with Crippen molar-refractivity contribution in [3.63, 3.8) is 0 Å². The molecule has 2 unspecified atom stereocenters. The van der Waals surface area contributed by atoms with Crippen LogP contribution in [0, 0.1) is 18.7 Å². The largest absolute Gasteiger partial charge is 0.416 e. The van der Waals surface area contributed by atoms with E-state index in [0.717, 1.165) is 17.7 Å². The van der Waals surface area contributed by atoms with Crippen molar-refractivity contribution in [3.8, 4) is 0 Å². The minimum absolute atomic E-state index is 0.0279. The van der Waals surface area contributed by atoms with Crippen LogP contribution < -0.4 is 5.32 Å². The number of rotatable bonds is 4. The first kappa shape index (κ1) is 22.8. The first-order valence-electron chi connectivity index (χ1n) is 10.0. The molecule has 0 radical (unpaired) electrons. The van der Waals surface area contributed by atoms with Crippen molar-refractivity contribution in [2.75, 3.05) is 6.54 Å². The number of aryl methyl sites for hydroxylation is 1. The Morgan fingerprint density at radius 2 is 1.87 bits per heavy atom. The van der Waals surface area contributed by atoms with Gasteiger partial charge in [-0.15, -0.1) is 0 Å². The van der Waals surface area contributed by atoms with E-state index in [1.165, 1.54) is 25.1 Å². The van der Waals surface area contributed by atoms with Crippen LogP contribution in [-0.4, -0.2) is 23.3 Å². The molecule has 1 heterocycles. The van der Waals surface area contributed by atoms with Gasteiger partial charge in [-0.2, -0.15) is 13.2 Å². The molecule has 31 heavy (non-hydrogen) atoms. The summed E-state index contributed by atoms with van der Waals surface area (Å²) in [5, 5.41) is 2.68. The zero-order chi connectivity index (χ0) is 22.8. The van der Waals surface area contributed by atoms with Gasteiger partial charge < -0.3 is 10.2 Å². The number of carbonyl (C=O) groups is 2. The summed E-state index contributed by atoms with van der Waals surface area (Å²) in [6.07, 6.45) is -3.40. The molecule has 3 rings (SSSR count). The van der Waals surface area contributed by atoms with Crippen molar-refractivity contribution in [1.82, 2.24) is 10.2 Å². The van der Waals surface area contributed by atoms with E-state index < -0.39 is 17.7 Å². The second-order valence-electron chi connectivity index (χ2n) is 7.89. The van der Waals surface area contributed by atoms with Crippen molar-refractivity contribution < 1.29 is 27.2 Å². The Hall–Kier alpha value is -2.90. The lowest BCUT2D eigenvalue weighted by Crippen LogP contribution is -2.46. The number of nitrogens with one attached hydrogen (secondary N) is 1. The standard InChI is InChI=1S/C23H24F4N2O2/c1-14-10-17(6-8-20(14)24)21-9-7-18(13-29(21)15(2)30)22(31)28-12-16-4-3-5-19(11-16)23(25,26)27/h3-6,8,10-11,18,21H,7,9,12-13H2,1-2H3,(H,28,31). The Bertz CT molecular complexity index is 974. The smallest absolute Gasteiger partial charge is 0.352 e. The summed E-state index contributed by atoms with van der Waals surface area (Å²) in [6, 6.07) is 9.30. The fourth-order valence-electron chi connectivity index (χ4n) is 3.95. The molecular weight excluding hydrogens is 412 g/mol. The maximum absolute atomic E-state index is 13.6. The highest BCUT2D eigenvalue weighted by molar-refractivity contribution is 5.81. The highest BCUT2D eigenvalue weighted by Gasteiger charge is 2.34. The molecule has 1 aliphatic heterocycles. The van der Waals surface area contributed by atoms with Crippen LogP contribution in [0.3, 0.4) is 0 Å². The molecule has 0 saturated carbocycles. The molecule has 0 aliphatic carbocycles. The van der Waals surface area contributed by atoms with Crippen LogP contribution in [0.2, 0.25) is 0 Å². The van der Waals surface area contributed by atoms with Gasteiger partial charge in [0.25, 0.3) is 0 Å². The van der Waals surface area contributed by atoms with Gasteiger partial charge >= 0.3 is 6.18 Å². The van der Waals surface area contributed by atoms with Crippen molar-refractivity contribution in [3.05, 3.63) is 70.5 Å². The lowest BCUT2D eigenvalue weighted by Gasteiger charge is -2.39. The minimum atomic E-state index is -4.45. The van der Waals surface area contributed by atoms with E-state index in [-0.39, 0.29) is 36.8 Å². The molecule has 1 aliphatic rings. The van der Waals surface area contributed by atoms with E-state index in [2.05, 4.69) is 5.32 Å². The fraction of sp³-hybridized carbons (Fsp3) is 0.391. The SMILES string of the molecule is CC(=O)N1CC(C(=O)NCc2cccc(C(F)(F)F)c2)CCC1c1ccc(F)c(C)c1. The molecule has 2 atom stereocenters. The monoisotopic (exact) mass is 436 g/mol. The molecule has 166 valence electrons. The second-order valence-corrected chi connectivity index (χ2v) is 7.89. The van der Waals surface area contributed by atoms with Gasteiger partial charge in [0.05, 0.1) is 17.5 Å². The number of alkyl halides is 3. The number of amides is 2. The van der Waals surface area contributed by atoms with Gasteiger partial charge in [-0.3, -0.25) is 9.59 Å². The Labute approximate surface area is 178 Å². The van der Waals surface area contributed by atoms with Crippen LogP contribution in [0.15, 0.2) is 42.5 Å². The molecule has 1 N–H and O–H groups in total. The zero-order valence-electron chi connectivity index (χ0n) is 17.3. The molecule has 0 spiro atoms. The quantitative estimate of drug-likeness (QED) is 0.702. The summed E-state index contributed by atoms with van der Waals surface area (Å²) >= 11 is 0. The van der Waals surface area contributed by atoms with Crippen molar-refractivity contribution in [2.24, 2.45) is 5.92 Å².